The molecule has 1 saturated carbocycles. The van der Waals surface area contributed by atoms with Crippen molar-refractivity contribution in [3.63, 3.8) is 0 Å². The van der Waals surface area contributed by atoms with E-state index < -0.39 is 53.4 Å². The Hall–Kier alpha value is -3.24. The van der Waals surface area contributed by atoms with Crippen LogP contribution in [-0.4, -0.2) is 63.3 Å². The monoisotopic (exact) mass is 487 g/mol. The molecule has 4 atom stereocenters. The number of carboxylic acids is 1. The van der Waals surface area contributed by atoms with E-state index in [4.69, 9.17) is 5.73 Å². The van der Waals surface area contributed by atoms with Crippen molar-refractivity contribution in [3.8, 4) is 0 Å². The molecular weight excluding hydrogens is 454 g/mol. The van der Waals surface area contributed by atoms with Crippen molar-refractivity contribution < 1.29 is 34.5 Å². The molecule has 0 bridgehead atoms. The third-order valence-electron chi connectivity index (χ3n) is 6.85. The molecule has 0 heterocycles. The summed E-state index contributed by atoms with van der Waals surface area (Å²) in [6.07, 6.45) is 1.54. The Morgan fingerprint density at radius 1 is 1.06 bits per heavy atom. The Labute approximate surface area is 203 Å². The quantitative estimate of drug-likeness (QED) is 0.272. The summed E-state index contributed by atoms with van der Waals surface area (Å²) >= 11 is 0. The molecule has 35 heavy (non-hydrogen) atoms. The summed E-state index contributed by atoms with van der Waals surface area (Å²) in [5.74, 6) is -2.77. The predicted octanol–water partition coefficient (Wildman–Crippen LogP) is 0.161. The lowest BCUT2D eigenvalue weighted by Crippen LogP contribution is -2.52. The van der Waals surface area contributed by atoms with Gasteiger partial charge in [-0.25, -0.2) is 0 Å². The highest BCUT2D eigenvalue weighted by atomic mass is 16.4. The van der Waals surface area contributed by atoms with Crippen molar-refractivity contribution in [2.24, 2.45) is 11.1 Å². The van der Waals surface area contributed by atoms with Crippen molar-refractivity contribution >= 4 is 23.7 Å². The number of aliphatic hydroxyl groups is 2. The number of carboxylic acid groups (broad SMARTS) is 1. The molecule has 10 nitrogen and oxygen atoms in total. The Kier molecular flexibility index (Phi) is 8.63. The summed E-state index contributed by atoms with van der Waals surface area (Å²) in [7, 11) is 0. The van der Waals surface area contributed by atoms with Gasteiger partial charge in [-0.05, 0) is 23.8 Å². The normalized spacial score (nSPS) is 24.2. The molecule has 3 amide bonds. The standard InChI is InChI=1S/C25H33N3O7/c26-23(34)18(10-15-6-2-1-3-7-15)28-24(35)16-11-17(22(33)19(29)12-16)27-20(30)13-25(14-21(31)32)8-4-5-9-25/h1-3,6-7,11,17-19,22,29,33H,4-5,8-10,12-14H2,(H2,26,34)(H,27,30)(H,28,35)(H,31,32)/t17-,18-,19-,22-/m1/s1. The summed E-state index contributed by atoms with van der Waals surface area (Å²) in [5, 5.41) is 35.2. The maximum Gasteiger partial charge on any atom is 0.303 e. The zero-order valence-electron chi connectivity index (χ0n) is 19.5. The molecular formula is C25H33N3O7. The predicted molar refractivity (Wildman–Crippen MR) is 126 cm³/mol. The van der Waals surface area contributed by atoms with Gasteiger partial charge in [-0.1, -0.05) is 49.2 Å². The summed E-state index contributed by atoms with van der Waals surface area (Å²) < 4.78 is 0. The van der Waals surface area contributed by atoms with Gasteiger partial charge >= 0.3 is 5.97 Å². The van der Waals surface area contributed by atoms with Crippen molar-refractivity contribution in [3.05, 3.63) is 47.5 Å². The molecule has 0 spiro atoms. The number of aliphatic hydroxyl groups excluding tert-OH is 2. The number of hydrogen-bond acceptors (Lipinski definition) is 6. The average molecular weight is 488 g/mol. The molecule has 0 aromatic heterocycles. The molecule has 1 fully saturated rings. The highest BCUT2D eigenvalue weighted by Gasteiger charge is 2.40. The van der Waals surface area contributed by atoms with Crippen LogP contribution < -0.4 is 16.4 Å². The highest BCUT2D eigenvalue weighted by Crippen LogP contribution is 2.44. The van der Waals surface area contributed by atoms with E-state index in [2.05, 4.69) is 10.6 Å². The minimum absolute atomic E-state index is 0.0190. The van der Waals surface area contributed by atoms with E-state index in [9.17, 15) is 34.5 Å². The van der Waals surface area contributed by atoms with E-state index >= 15 is 0 Å². The van der Waals surface area contributed by atoms with E-state index in [1.54, 1.807) is 24.3 Å². The maximum absolute atomic E-state index is 12.9. The highest BCUT2D eigenvalue weighted by molar-refractivity contribution is 5.97. The molecule has 1 aromatic carbocycles. The Morgan fingerprint density at radius 2 is 1.71 bits per heavy atom. The van der Waals surface area contributed by atoms with Crippen LogP contribution in [-0.2, 0) is 25.6 Å². The average Bonchev–Trinajstić information content (AvgIpc) is 3.23. The fraction of sp³-hybridized carbons (Fsp3) is 0.520. The lowest BCUT2D eigenvalue weighted by molar-refractivity contribution is -0.140. The lowest BCUT2D eigenvalue weighted by Gasteiger charge is -2.33. The van der Waals surface area contributed by atoms with E-state index in [1.165, 1.54) is 6.08 Å². The molecule has 2 aliphatic rings. The van der Waals surface area contributed by atoms with Crippen LogP contribution in [0, 0.1) is 5.41 Å². The number of primary amides is 1. The largest absolute Gasteiger partial charge is 0.481 e. The minimum Gasteiger partial charge on any atom is -0.481 e. The first-order valence-electron chi connectivity index (χ1n) is 11.8. The van der Waals surface area contributed by atoms with Gasteiger partial charge in [0.25, 0.3) is 0 Å². The Balaban J connectivity index is 1.68. The third-order valence-corrected chi connectivity index (χ3v) is 6.85. The molecule has 7 N–H and O–H groups in total. The fourth-order valence-corrected chi connectivity index (χ4v) is 5.03. The Bertz CT molecular complexity index is 973. The number of rotatable bonds is 10. The molecule has 0 aliphatic heterocycles. The second-order valence-electron chi connectivity index (χ2n) is 9.62. The van der Waals surface area contributed by atoms with Gasteiger partial charge < -0.3 is 31.7 Å². The van der Waals surface area contributed by atoms with Crippen LogP contribution in [0.25, 0.3) is 0 Å². The van der Waals surface area contributed by atoms with Crippen LogP contribution in [0.5, 0.6) is 0 Å². The molecule has 10 heteroatoms. The molecule has 2 aliphatic carbocycles. The van der Waals surface area contributed by atoms with Crippen LogP contribution in [0.3, 0.4) is 0 Å². The smallest absolute Gasteiger partial charge is 0.303 e. The second kappa shape index (κ2) is 11.5. The van der Waals surface area contributed by atoms with Gasteiger partial charge in [0, 0.05) is 24.8 Å². The SMILES string of the molecule is NC(=O)[C@@H](Cc1ccccc1)NC(=O)C1=C[C@@H](NC(=O)CC2(CC(=O)O)CCCC2)[C@@H](O)[C@H](O)C1. The van der Waals surface area contributed by atoms with Crippen LogP contribution in [0.15, 0.2) is 42.0 Å². The van der Waals surface area contributed by atoms with Gasteiger partial charge in [0.05, 0.1) is 18.6 Å². The van der Waals surface area contributed by atoms with E-state index in [0.29, 0.717) is 12.8 Å². The van der Waals surface area contributed by atoms with Gasteiger partial charge in [-0.3, -0.25) is 19.2 Å². The number of nitrogens with two attached hydrogens (primary N) is 1. The van der Waals surface area contributed by atoms with Crippen LogP contribution in [0.4, 0.5) is 0 Å². The van der Waals surface area contributed by atoms with Gasteiger partial charge in [0.2, 0.25) is 17.7 Å². The van der Waals surface area contributed by atoms with E-state index in [0.717, 1.165) is 18.4 Å². The number of benzene rings is 1. The number of amides is 3. The first kappa shape index (κ1) is 26.4. The summed E-state index contributed by atoms with van der Waals surface area (Å²) in [6.45, 7) is 0. The van der Waals surface area contributed by atoms with E-state index in [-0.39, 0.29) is 31.3 Å². The zero-order chi connectivity index (χ0) is 25.6. The van der Waals surface area contributed by atoms with Gasteiger partial charge in [0.15, 0.2) is 0 Å². The van der Waals surface area contributed by atoms with E-state index in [1.807, 2.05) is 6.07 Å². The number of nitrogens with one attached hydrogen (secondary N) is 2. The maximum atomic E-state index is 12.9. The summed E-state index contributed by atoms with van der Waals surface area (Å²) in [4.78, 5) is 48.9. The number of carbonyl (C=O) groups is 4. The van der Waals surface area contributed by atoms with Gasteiger partial charge in [-0.2, -0.15) is 0 Å². The Morgan fingerprint density at radius 3 is 2.31 bits per heavy atom. The molecule has 3 rings (SSSR count). The zero-order valence-corrected chi connectivity index (χ0v) is 19.5. The third kappa shape index (κ3) is 7.12. The molecule has 190 valence electrons. The molecule has 0 unspecified atom stereocenters. The molecule has 1 aromatic rings. The number of hydrogen-bond donors (Lipinski definition) is 6. The molecule has 0 radical (unpaired) electrons. The minimum atomic E-state index is -1.34. The van der Waals surface area contributed by atoms with Gasteiger partial charge in [0.1, 0.15) is 12.1 Å². The van der Waals surface area contributed by atoms with Crippen LogP contribution in [0.2, 0.25) is 0 Å². The summed E-state index contributed by atoms with van der Waals surface area (Å²) in [5.41, 5.74) is 5.74. The van der Waals surface area contributed by atoms with Crippen molar-refractivity contribution in [1.82, 2.24) is 10.6 Å². The second-order valence-corrected chi connectivity index (χ2v) is 9.62. The van der Waals surface area contributed by atoms with Crippen molar-refractivity contribution in [2.75, 3.05) is 0 Å². The first-order valence-corrected chi connectivity index (χ1v) is 11.8. The van der Waals surface area contributed by atoms with Crippen molar-refractivity contribution in [2.45, 2.75) is 75.7 Å². The van der Waals surface area contributed by atoms with Crippen molar-refractivity contribution in [1.29, 1.82) is 0 Å². The fourth-order valence-electron chi connectivity index (χ4n) is 5.03. The topological polar surface area (TPSA) is 179 Å². The molecule has 0 saturated heterocycles. The van der Waals surface area contributed by atoms with Gasteiger partial charge in [-0.15, -0.1) is 0 Å². The summed E-state index contributed by atoms with van der Waals surface area (Å²) in [6, 6.07) is 7.00. The number of carbonyl (C=O) groups excluding carboxylic acids is 3. The van der Waals surface area contributed by atoms with Crippen LogP contribution >= 0.6 is 0 Å². The first-order chi connectivity index (χ1) is 16.6. The lowest BCUT2D eigenvalue weighted by atomic mass is 9.79. The number of aliphatic carboxylic acids is 1. The van der Waals surface area contributed by atoms with Crippen LogP contribution in [0.1, 0.15) is 50.5 Å².